The van der Waals surface area contributed by atoms with E-state index in [4.69, 9.17) is 0 Å². The first-order valence-corrected chi connectivity index (χ1v) is 8.95. The van der Waals surface area contributed by atoms with Crippen molar-refractivity contribution >= 4 is 18.4 Å². The lowest BCUT2D eigenvalue weighted by molar-refractivity contribution is 0.598. The van der Waals surface area contributed by atoms with Crippen molar-refractivity contribution in [3.8, 4) is 0 Å². The van der Waals surface area contributed by atoms with E-state index in [1.165, 1.54) is 16.7 Å². The molecule has 0 fully saturated rings. The first-order valence-electron chi connectivity index (χ1n) is 7.70. The molecule has 0 saturated carbocycles. The molecule has 3 aromatic rings. The molecule has 3 rings (SSSR count). The summed E-state index contributed by atoms with van der Waals surface area (Å²) in [6.45, 7) is 6.44. The Morgan fingerprint density at radius 3 is 1.30 bits per heavy atom. The van der Waals surface area contributed by atoms with Crippen LogP contribution in [0.4, 0.5) is 0 Å². The molecule has 0 unspecified atom stereocenters. The van der Waals surface area contributed by atoms with Crippen LogP contribution in [0.2, 0.25) is 0 Å². The summed E-state index contributed by atoms with van der Waals surface area (Å²) in [7, 11) is -1.42. The van der Waals surface area contributed by atoms with Crippen molar-refractivity contribution in [3.63, 3.8) is 0 Å². The lowest BCUT2D eigenvalue weighted by atomic mass is 10.1. The minimum Gasteiger partial charge on any atom is -0.0619 e. The number of hydrogen-bond donors (Lipinski definition) is 0. The maximum Gasteiger partial charge on any atom is 0.415 e. The van der Waals surface area contributed by atoms with Crippen LogP contribution in [0.5, 0.6) is 0 Å². The summed E-state index contributed by atoms with van der Waals surface area (Å²) in [5.74, 6) is 0. The Morgan fingerprint density at radius 1 is 0.565 bits per heavy atom. The van der Waals surface area contributed by atoms with E-state index >= 15 is 0 Å². The van der Waals surface area contributed by atoms with Crippen LogP contribution in [0.3, 0.4) is 0 Å². The van der Waals surface area contributed by atoms with Crippen molar-refractivity contribution in [1.82, 2.24) is 0 Å². The van der Waals surface area contributed by atoms with E-state index in [0.717, 1.165) is 10.6 Å². The molecule has 0 N–H and O–H groups in total. The minimum atomic E-state index is -1.42. The van der Waals surface area contributed by atoms with Crippen LogP contribution < -0.4 is 10.6 Å². The Bertz CT molecular complexity index is 703. The summed E-state index contributed by atoms with van der Waals surface area (Å²) in [4.78, 5) is 0. The largest absolute Gasteiger partial charge is 0.415 e. The van der Waals surface area contributed by atoms with E-state index in [1.54, 1.807) is 0 Å². The molecule has 2 heteroatoms. The molecule has 0 atom stereocenters. The fourth-order valence-corrected chi connectivity index (χ4v) is 3.36. The topological polar surface area (TPSA) is 17.1 Å². The smallest absolute Gasteiger partial charge is 0.0619 e. The zero-order valence-electron chi connectivity index (χ0n) is 13.9. The number of benzene rings is 3. The van der Waals surface area contributed by atoms with Gasteiger partial charge in [0, 0.05) is 0 Å². The van der Waals surface area contributed by atoms with E-state index in [2.05, 4.69) is 39.0 Å². The van der Waals surface area contributed by atoms with Gasteiger partial charge < -0.3 is 0 Å². The van der Waals surface area contributed by atoms with Gasteiger partial charge in [0.05, 0.1) is 0 Å². The number of aryl methyl sites for hydroxylation is 2. The average molecular weight is 321 g/mol. The van der Waals surface area contributed by atoms with E-state index < -0.39 is 7.80 Å². The van der Waals surface area contributed by atoms with Gasteiger partial charge in [0.15, 0.2) is 10.6 Å². The quantitative estimate of drug-likeness (QED) is 0.602. The molecule has 1 nitrogen and oxygen atoms in total. The molecular weight excluding hydrogens is 299 g/mol. The third kappa shape index (κ3) is 4.87. The molecule has 0 amide bonds. The van der Waals surface area contributed by atoms with Crippen molar-refractivity contribution in [2.45, 2.75) is 20.8 Å². The highest BCUT2D eigenvalue weighted by Gasteiger charge is 2.21. The lowest BCUT2D eigenvalue weighted by Gasteiger charge is -2.00. The molecule has 0 bridgehead atoms. The van der Waals surface area contributed by atoms with Crippen LogP contribution in [-0.4, -0.2) is 0 Å². The molecular formula is C21H22OP+. The summed E-state index contributed by atoms with van der Waals surface area (Å²) in [6.07, 6.45) is 0. The van der Waals surface area contributed by atoms with Crippen LogP contribution in [0.25, 0.3) is 0 Å². The zero-order valence-corrected chi connectivity index (χ0v) is 14.8. The molecule has 116 valence electrons. The molecule has 23 heavy (non-hydrogen) atoms. The first kappa shape index (κ1) is 17.1. The Labute approximate surface area is 139 Å². The van der Waals surface area contributed by atoms with Crippen molar-refractivity contribution in [3.05, 3.63) is 95.6 Å². The predicted octanol–water partition coefficient (Wildman–Crippen LogP) is 5.08. The fraction of sp³-hybridized carbons (Fsp3) is 0.143. The van der Waals surface area contributed by atoms with Crippen LogP contribution in [0.15, 0.2) is 78.9 Å². The van der Waals surface area contributed by atoms with Crippen molar-refractivity contribution in [2.75, 3.05) is 0 Å². The highest BCUT2D eigenvalue weighted by atomic mass is 31.1. The van der Waals surface area contributed by atoms with Gasteiger partial charge in [-0.05, 0) is 61.7 Å². The van der Waals surface area contributed by atoms with Crippen LogP contribution in [-0.2, 0) is 4.57 Å². The summed E-state index contributed by atoms with van der Waals surface area (Å²) in [6, 6.07) is 25.4. The second-order valence-corrected chi connectivity index (χ2v) is 7.10. The van der Waals surface area contributed by atoms with Crippen LogP contribution in [0.1, 0.15) is 16.7 Å². The molecule has 0 heterocycles. The molecule has 0 aromatic heterocycles. The Kier molecular flexibility index (Phi) is 6.26. The Balaban J connectivity index is 0.000000185. The van der Waals surface area contributed by atoms with Gasteiger partial charge in [0.2, 0.25) is 0 Å². The van der Waals surface area contributed by atoms with Crippen molar-refractivity contribution < 1.29 is 4.57 Å². The van der Waals surface area contributed by atoms with E-state index in [-0.39, 0.29) is 0 Å². The molecule has 0 aliphatic rings. The monoisotopic (exact) mass is 321 g/mol. The highest BCUT2D eigenvalue weighted by Crippen LogP contribution is 2.18. The second kappa shape index (κ2) is 8.41. The normalized spacial score (nSPS) is 9.70. The predicted molar refractivity (Wildman–Crippen MR) is 100 cm³/mol. The highest BCUT2D eigenvalue weighted by molar-refractivity contribution is 7.61. The maximum atomic E-state index is 12.0. The van der Waals surface area contributed by atoms with Gasteiger partial charge in [0.25, 0.3) is 0 Å². The summed E-state index contributed by atoms with van der Waals surface area (Å²) in [5, 5.41) is 1.77. The molecule has 0 spiro atoms. The van der Waals surface area contributed by atoms with Crippen molar-refractivity contribution in [2.24, 2.45) is 0 Å². The third-order valence-corrected chi connectivity index (χ3v) is 5.39. The van der Waals surface area contributed by atoms with Crippen LogP contribution >= 0.6 is 7.80 Å². The van der Waals surface area contributed by atoms with Gasteiger partial charge in [-0.3, -0.25) is 0 Å². The van der Waals surface area contributed by atoms with Gasteiger partial charge in [-0.25, -0.2) is 0 Å². The third-order valence-electron chi connectivity index (χ3n) is 3.86. The van der Waals surface area contributed by atoms with Gasteiger partial charge in [-0.1, -0.05) is 59.2 Å². The minimum absolute atomic E-state index is 0.883. The van der Waals surface area contributed by atoms with Crippen LogP contribution in [0, 0.1) is 20.8 Å². The Morgan fingerprint density at radius 2 is 0.957 bits per heavy atom. The van der Waals surface area contributed by atoms with Gasteiger partial charge in [-0.2, -0.15) is 0 Å². The second-order valence-electron chi connectivity index (χ2n) is 5.48. The standard InChI is InChI=1S/C12H10OP.C9H12/c13-14(11-7-3-1-4-8-11)12-9-5-2-6-10-12;1-7-5-4-6-8(2)9(7)3/h1-10H;4-6H,1-3H3/q+1;. The Hall–Kier alpha value is -2.24. The molecule has 0 saturated heterocycles. The average Bonchev–Trinajstić information content (AvgIpc) is 2.61. The number of rotatable bonds is 2. The van der Waals surface area contributed by atoms with E-state index in [1.807, 2.05) is 60.7 Å². The maximum absolute atomic E-state index is 12.0. The molecule has 0 radical (unpaired) electrons. The number of hydrogen-bond acceptors (Lipinski definition) is 1. The summed E-state index contributed by atoms with van der Waals surface area (Å²) >= 11 is 0. The fourth-order valence-electron chi connectivity index (χ4n) is 2.17. The zero-order chi connectivity index (χ0) is 16.7. The van der Waals surface area contributed by atoms with E-state index in [0.29, 0.717) is 0 Å². The lowest BCUT2D eigenvalue weighted by Crippen LogP contribution is -2.04. The van der Waals surface area contributed by atoms with Gasteiger partial charge >= 0.3 is 7.80 Å². The molecule has 0 aliphatic carbocycles. The van der Waals surface area contributed by atoms with Crippen molar-refractivity contribution in [1.29, 1.82) is 0 Å². The van der Waals surface area contributed by atoms with Gasteiger partial charge in [-0.15, -0.1) is 0 Å². The first-order chi connectivity index (χ1) is 11.1. The van der Waals surface area contributed by atoms with E-state index in [9.17, 15) is 4.57 Å². The summed E-state index contributed by atoms with van der Waals surface area (Å²) in [5.41, 5.74) is 4.18. The SMILES string of the molecule is Cc1cccc(C)c1C.O=[P+](c1ccccc1)c1ccccc1. The molecule has 0 aliphatic heterocycles. The summed E-state index contributed by atoms with van der Waals surface area (Å²) < 4.78 is 12.0. The molecule has 3 aromatic carbocycles. The van der Waals surface area contributed by atoms with Gasteiger partial charge in [0.1, 0.15) is 0 Å².